The topological polar surface area (TPSA) is 97.6 Å². The van der Waals surface area contributed by atoms with E-state index in [-0.39, 0.29) is 11.8 Å². The molecule has 0 saturated carbocycles. The van der Waals surface area contributed by atoms with Crippen molar-refractivity contribution in [1.29, 1.82) is 5.26 Å². The lowest BCUT2D eigenvalue weighted by Gasteiger charge is -2.39. The van der Waals surface area contributed by atoms with Gasteiger partial charge in [0.15, 0.2) is 0 Å². The number of carbonyl (C=O) groups excluding carboxylic acids is 1. The lowest BCUT2D eigenvalue weighted by atomic mass is 9.92. The number of nitriles is 1. The Hall–Kier alpha value is -2.96. The van der Waals surface area contributed by atoms with Crippen LogP contribution in [0.3, 0.4) is 0 Å². The van der Waals surface area contributed by atoms with Crippen molar-refractivity contribution >= 4 is 21.7 Å². The molecule has 1 aromatic heterocycles. The van der Waals surface area contributed by atoms with Crippen molar-refractivity contribution in [2.24, 2.45) is 5.92 Å². The summed E-state index contributed by atoms with van der Waals surface area (Å²) in [4.78, 5) is 21.8. The summed E-state index contributed by atoms with van der Waals surface area (Å²) < 4.78 is 28.1. The molecule has 9 heteroatoms. The summed E-state index contributed by atoms with van der Waals surface area (Å²) in [6.45, 7) is 3.15. The van der Waals surface area contributed by atoms with E-state index in [4.69, 9.17) is 0 Å². The molecule has 1 amide bonds. The predicted octanol–water partition coefficient (Wildman–Crippen LogP) is 2.58. The molecule has 0 bridgehead atoms. The lowest BCUT2D eigenvalue weighted by Crippen LogP contribution is -2.52. The zero-order chi connectivity index (χ0) is 24.4. The largest absolute Gasteiger partial charge is 0.352 e. The number of piperidine rings is 1. The van der Waals surface area contributed by atoms with E-state index in [2.05, 4.69) is 16.0 Å². The number of fused-ring (bicyclic) bond motifs is 1. The minimum atomic E-state index is -3.55. The summed E-state index contributed by atoms with van der Waals surface area (Å²) in [7, 11) is -3.55. The van der Waals surface area contributed by atoms with Gasteiger partial charge in [-0.25, -0.2) is 13.4 Å². The first-order valence-electron chi connectivity index (χ1n) is 12.5. The molecule has 8 nitrogen and oxygen atoms in total. The van der Waals surface area contributed by atoms with Gasteiger partial charge >= 0.3 is 0 Å². The van der Waals surface area contributed by atoms with Crippen molar-refractivity contribution in [1.82, 2.24) is 14.2 Å². The van der Waals surface area contributed by atoms with Crippen molar-refractivity contribution < 1.29 is 13.2 Å². The van der Waals surface area contributed by atoms with E-state index in [0.29, 0.717) is 68.4 Å². The van der Waals surface area contributed by atoms with Crippen LogP contribution in [0.15, 0.2) is 41.4 Å². The van der Waals surface area contributed by atoms with Crippen LogP contribution in [0.1, 0.15) is 42.4 Å². The molecule has 184 valence electrons. The van der Waals surface area contributed by atoms with E-state index in [1.807, 2.05) is 17.0 Å². The third kappa shape index (κ3) is 4.78. The molecule has 0 spiro atoms. The van der Waals surface area contributed by atoms with Gasteiger partial charge in [-0.1, -0.05) is 6.07 Å². The first kappa shape index (κ1) is 23.8. The number of anilines is 1. The minimum Gasteiger partial charge on any atom is -0.352 e. The van der Waals surface area contributed by atoms with Gasteiger partial charge < -0.3 is 9.80 Å². The number of amides is 1. The molecule has 2 fully saturated rings. The summed E-state index contributed by atoms with van der Waals surface area (Å²) >= 11 is 0. The number of sulfonamides is 1. The zero-order valence-electron chi connectivity index (χ0n) is 19.9. The highest BCUT2D eigenvalue weighted by Gasteiger charge is 2.35. The molecular formula is C26H31N5O3S. The number of rotatable bonds is 4. The van der Waals surface area contributed by atoms with Crippen LogP contribution in [0.4, 0.5) is 5.82 Å². The summed E-state index contributed by atoms with van der Waals surface area (Å²) in [5.74, 6) is 0.626. The van der Waals surface area contributed by atoms with Crippen molar-refractivity contribution in [3.8, 4) is 6.07 Å². The highest BCUT2D eigenvalue weighted by atomic mass is 32.2. The van der Waals surface area contributed by atoms with E-state index in [1.165, 1.54) is 12.0 Å². The van der Waals surface area contributed by atoms with Crippen LogP contribution in [0.5, 0.6) is 0 Å². The lowest BCUT2D eigenvalue weighted by molar-refractivity contribution is -0.137. The number of aryl methyl sites for hydroxylation is 2. The molecule has 2 saturated heterocycles. The number of benzene rings is 1. The number of piperazine rings is 1. The van der Waals surface area contributed by atoms with E-state index in [0.717, 1.165) is 24.8 Å². The monoisotopic (exact) mass is 493 g/mol. The van der Waals surface area contributed by atoms with Gasteiger partial charge in [0.05, 0.1) is 10.5 Å². The number of pyridine rings is 1. The smallest absolute Gasteiger partial charge is 0.243 e. The standard InChI is InChI=1S/C26H31N5O3S/c27-19-23-6-3-11-28-25(23)29-14-16-30(17-15-29)26(32)21-9-12-31(13-10-21)35(33,34)24-8-7-20-4-1-2-5-22(20)18-24/h3,6-8,11,18,21H,1-2,4-5,9-10,12-17H2. The second-order valence-corrected chi connectivity index (χ2v) is 11.6. The first-order chi connectivity index (χ1) is 17.0. The average Bonchev–Trinajstić information content (AvgIpc) is 2.92. The fourth-order valence-corrected chi connectivity index (χ4v) is 7.02. The summed E-state index contributed by atoms with van der Waals surface area (Å²) in [6, 6.07) is 11.3. The van der Waals surface area contributed by atoms with Gasteiger partial charge in [0, 0.05) is 51.4 Å². The third-order valence-electron chi connectivity index (χ3n) is 7.56. The number of hydrogen-bond donors (Lipinski definition) is 0. The van der Waals surface area contributed by atoms with Crippen LogP contribution >= 0.6 is 0 Å². The molecule has 3 aliphatic rings. The Balaban J connectivity index is 1.17. The van der Waals surface area contributed by atoms with Crippen LogP contribution in [-0.2, 0) is 27.7 Å². The van der Waals surface area contributed by atoms with Crippen molar-refractivity contribution in [3.63, 3.8) is 0 Å². The molecule has 2 aliphatic heterocycles. The zero-order valence-corrected chi connectivity index (χ0v) is 20.7. The molecule has 5 rings (SSSR count). The van der Waals surface area contributed by atoms with Crippen molar-refractivity contribution in [2.75, 3.05) is 44.2 Å². The third-order valence-corrected chi connectivity index (χ3v) is 9.45. The molecular weight excluding hydrogens is 462 g/mol. The Labute approximate surface area is 207 Å². The van der Waals surface area contributed by atoms with E-state index in [1.54, 1.807) is 28.7 Å². The summed E-state index contributed by atoms with van der Waals surface area (Å²) in [5, 5.41) is 9.34. The van der Waals surface area contributed by atoms with Gasteiger partial charge in [-0.3, -0.25) is 4.79 Å². The molecule has 1 aliphatic carbocycles. The van der Waals surface area contributed by atoms with Crippen LogP contribution in [0.2, 0.25) is 0 Å². The average molecular weight is 494 g/mol. The maximum atomic E-state index is 13.3. The van der Waals surface area contributed by atoms with Gasteiger partial charge in [-0.15, -0.1) is 0 Å². The van der Waals surface area contributed by atoms with Gasteiger partial charge in [0.1, 0.15) is 11.9 Å². The Morgan fingerprint density at radius 2 is 1.69 bits per heavy atom. The molecule has 0 atom stereocenters. The van der Waals surface area contributed by atoms with Crippen LogP contribution in [0.25, 0.3) is 0 Å². The SMILES string of the molecule is N#Cc1cccnc1N1CCN(C(=O)C2CCN(S(=O)(=O)c3ccc4c(c3)CCCC4)CC2)CC1. The number of hydrogen-bond acceptors (Lipinski definition) is 6. The van der Waals surface area contributed by atoms with Crippen molar-refractivity contribution in [2.45, 2.75) is 43.4 Å². The fourth-order valence-electron chi connectivity index (χ4n) is 5.50. The fraction of sp³-hybridized carbons (Fsp3) is 0.500. The Kier molecular flexibility index (Phi) is 6.76. The number of nitrogens with zero attached hydrogens (tertiary/aromatic N) is 5. The minimum absolute atomic E-state index is 0.108. The van der Waals surface area contributed by atoms with Crippen LogP contribution in [0, 0.1) is 17.2 Å². The second-order valence-electron chi connectivity index (χ2n) is 9.61. The quantitative estimate of drug-likeness (QED) is 0.649. The van der Waals surface area contributed by atoms with Gasteiger partial charge in [-0.2, -0.15) is 9.57 Å². The van der Waals surface area contributed by atoms with Crippen LogP contribution in [-0.4, -0.2) is 67.8 Å². The van der Waals surface area contributed by atoms with E-state index < -0.39 is 10.0 Å². The van der Waals surface area contributed by atoms with Gasteiger partial charge in [0.2, 0.25) is 15.9 Å². The molecule has 3 heterocycles. The molecule has 0 N–H and O–H groups in total. The highest BCUT2D eigenvalue weighted by molar-refractivity contribution is 7.89. The van der Waals surface area contributed by atoms with Gasteiger partial charge in [0.25, 0.3) is 0 Å². The number of carbonyl (C=O) groups is 1. The molecule has 0 radical (unpaired) electrons. The summed E-state index contributed by atoms with van der Waals surface area (Å²) in [6.07, 6.45) is 7.02. The maximum absolute atomic E-state index is 13.3. The Bertz CT molecular complexity index is 1240. The normalized spacial score (nSPS) is 19.7. The Morgan fingerprint density at radius 1 is 0.971 bits per heavy atom. The van der Waals surface area contributed by atoms with E-state index >= 15 is 0 Å². The molecule has 0 unspecified atom stereocenters. The van der Waals surface area contributed by atoms with Crippen molar-refractivity contribution in [3.05, 3.63) is 53.2 Å². The summed E-state index contributed by atoms with van der Waals surface area (Å²) in [5.41, 5.74) is 2.97. The first-order valence-corrected chi connectivity index (χ1v) is 13.9. The number of aromatic nitrogens is 1. The Morgan fingerprint density at radius 3 is 2.40 bits per heavy atom. The molecule has 2 aromatic rings. The van der Waals surface area contributed by atoms with Crippen LogP contribution < -0.4 is 4.90 Å². The highest BCUT2D eigenvalue weighted by Crippen LogP contribution is 2.29. The molecule has 35 heavy (non-hydrogen) atoms. The van der Waals surface area contributed by atoms with Gasteiger partial charge in [-0.05, 0) is 73.9 Å². The maximum Gasteiger partial charge on any atom is 0.243 e. The second kappa shape index (κ2) is 9.96. The van der Waals surface area contributed by atoms with E-state index in [9.17, 15) is 18.5 Å². The predicted molar refractivity (Wildman–Crippen MR) is 132 cm³/mol. The molecule has 1 aromatic carbocycles.